The fourth-order valence-corrected chi connectivity index (χ4v) is 2.04. The number of amides is 1. The molecule has 1 rings (SSSR count). The Bertz CT molecular complexity index is 236. The van der Waals surface area contributed by atoms with E-state index in [1.54, 1.807) is 0 Å². The van der Waals surface area contributed by atoms with Gasteiger partial charge < -0.3 is 20.6 Å². The topological polar surface area (TPSA) is 89.8 Å². The summed E-state index contributed by atoms with van der Waals surface area (Å²) in [5.41, 5.74) is -1.73. The van der Waals surface area contributed by atoms with Crippen LogP contribution in [0.25, 0.3) is 0 Å². The van der Waals surface area contributed by atoms with Crippen LogP contribution in [0.2, 0.25) is 0 Å². The second-order valence-corrected chi connectivity index (χ2v) is 4.98. The Hall–Kier alpha value is -0.650. The summed E-state index contributed by atoms with van der Waals surface area (Å²) in [7, 11) is 0. The van der Waals surface area contributed by atoms with Gasteiger partial charge >= 0.3 is 0 Å². The van der Waals surface area contributed by atoms with Crippen molar-refractivity contribution in [2.75, 3.05) is 19.8 Å². The fraction of sp³-hybridized carbons (Fsp3) is 0.909. The molecule has 0 aromatic carbocycles. The van der Waals surface area contributed by atoms with Gasteiger partial charge in [-0.3, -0.25) is 4.79 Å². The molecule has 0 saturated heterocycles. The number of hydrogen-bond acceptors (Lipinski definition) is 4. The molecule has 0 aromatic rings. The summed E-state index contributed by atoms with van der Waals surface area (Å²) in [5.74, 6) is -0.192. The standard InChI is InChI=1S/C11H21NO4/c1-10(4-2-3-5-10)9(16)12-11(6-13,7-14)8-15/h13-15H,2-8H2,1H3,(H,12,16). The van der Waals surface area contributed by atoms with Crippen molar-refractivity contribution in [2.24, 2.45) is 5.41 Å². The average molecular weight is 231 g/mol. The van der Waals surface area contributed by atoms with Gasteiger partial charge in [-0.2, -0.15) is 0 Å². The SMILES string of the molecule is CC1(C(=O)NC(CO)(CO)CO)CCCC1. The molecule has 0 aromatic heterocycles. The van der Waals surface area contributed by atoms with Gasteiger partial charge in [-0.05, 0) is 12.8 Å². The molecule has 16 heavy (non-hydrogen) atoms. The molecular weight excluding hydrogens is 210 g/mol. The van der Waals surface area contributed by atoms with E-state index in [0.717, 1.165) is 25.7 Å². The summed E-state index contributed by atoms with van der Waals surface area (Å²) >= 11 is 0. The lowest BCUT2D eigenvalue weighted by molar-refractivity contribution is -0.134. The van der Waals surface area contributed by atoms with Crippen molar-refractivity contribution in [1.82, 2.24) is 5.32 Å². The van der Waals surface area contributed by atoms with E-state index in [1.807, 2.05) is 6.92 Å². The van der Waals surface area contributed by atoms with Crippen LogP contribution in [-0.2, 0) is 4.79 Å². The Kier molecular flexibility index (Phi) is 4.29. The number of carbonyl (C=O) groups is 1. The minimum absolute atomic E-state index is 0.192. The molecule has 0 bridgehead atoms. The van der Waals surface area contributed by atoms with Gasteiger partial charge in [-0.25, -0.2) is 0 Å². The molecule has 0 atom stereocenters. The highest BCUT2D eigenvalue weighted by Crippen LogP contribution is 2.37. The lowest BCUT2D eigenvalue weighted by Gasteiger charge is -2.33. The van der Waals surface area contributed by atoms with Crippen LogP contribution in [0.3, 0.4) is 0 Å². The summed E-state index contributed by atoms with van der Waals surface area (Å²) in [5, 5.41) is 29.9. The monoisotopic (exact) mass is 231 g/mol. The smallest absolute Gasteiger partial charge is 0.226 e. The average Bonchev–Trinajstić information content (AvgIpc) is 2.74. The number of aliphatic hydroxyl groups is 3. The molecule has 0 radical (unpaired) electrons. The molecule has 0 spiro atoms. The molecule has 1 aliphatic carbocycles. The molecule has 0 unspecified atom stereocenters. The first-order valence-electron chi connectivity index (χ1n) is 5.67. The zero-order chi connectivity index (χ0) is 12.2. The number of carbonyl (C=O) groups excluding carboxylic acids is 1. The molecule has 0 aliphatic heterocycles. The van der Waals surface area contributed by atoms with Crippen LogP contribution in [0.4, 0.5) is 0 Å². The predicted octanol–water partition coefficient (Wildman–Crippen LogP) is -0.601. The number of hydrogen-bond donors (Lipinski definition) is 4. The van der Waals surface area contributed by atoms with E-state index in [2.05, 4.69) is 5.32 Å². The van der Waals surface area contributed by atoms with Crippen molar-refractivity contribution in [2.45, 2.75) is 38.1 Å². The lowest BCUT2D eigenvalue weighted by atomic mass is 9.86. The third kappa shape index (κ3) is 2.53. The molecule has 1 fully saturated rings. The Morgan fingerprint density at radius 1 is 1.19 bits per heavy atom. The summed E-state index contributed by atoms with van der Waals surface area (Å²) in [4.78, 5) is 12.0. The van der Waals surface area contributed by atoms with Crippen molar-refractivity contribution in [3.63, 3.8) is 0 Å². The lowest BCUT2D eigenvalue weighted by Crippen LogP contribution is -2.59. The maximum atomic E-state index is 12.0. The van der Waals surface area contributed by atoms with E-state index in [-0.39, 0.29) is 5.91 Å². The summed E-state index contributed by atoms with van der Waals surface area (Å²) < 4.78 is 0. The Balaban J connectivity index is 2.68. The zero-order valence-electron chi connectivity index (χ0n) is 9.70. The van der Waals surface area contributed by atoms with E-state index in [9.17, 15) is 4.79 Å². The Labute approximate surface area is 95.5 Å². The van der Waals surface area contributed by atoms with Gasteiger partial charge in [0.15, 0.2) is 0 Å². The zero-order valence-corrected chi connectivity index (χ0v) is 9.70. The van der Waals surface area contributed by atoms with E-state index in [4.69, 9.17) is 15.3 Å². The molecule has 5 nitrogen and oxygen atoms in total. The molecule has 0 heterocycles. The van der Waals surface area contributed by atoms with Crippen LogP contribution in [0.15, 0.2) is 0 Å². The van der Waals surface area contributed by atoms with Gasteiger partial charge in [0.1, 0.15) is 5.54 Å². The van der Waals surface area contributed by atoms with Crippen LogP contribution in [0.5, 0.6) is 0 Å². The fourth-order valence-electron chi connectivity index (χ4n) is 2.04. The molecule has 4 N–H and O–H groups in total. The van der Waals surface area contributed by atoms with Gasteiger partial charge in [0, 0.05) is 5.41 Å². The van der Waals surface area contributed by atoms with Crippen molar-refractivity contribution in [1.29, 1.82) is 0 Å². The van der Waals surface area contributed by atoms with Crippen LogP contribution in [-0.4, -0.2) is 46.6 Å². The highest BCUT2D eigenvalue weighted by atomic mass is 16.3. The maximum Gasteiger partial charge on any atom is 0.226 e. The van der Waals surface area contributed by atoms with Gasteiger partial charge in [0.05, 0.1) is 19.8 Å². The van der Waals surface area contributed by atoms with E-state index >= 15 is 0 Å². The largest absolute Gasteiger partial charge is 0.394 e. The predicted molar refractivity (Wildman–Crippen MR) is 58.7 cm³/mol. The number of nitrogens with one attached hydrogen (secondary N) is 1. The Morgan fingerprint density at radius 2 is 1.62 bits per heavy atom. The van der Waals surface area contributed by atoms with Crippen molar-refractivity contribution >= 4 is 5.91 Å². The normalized spacial score (nSPS) is 19.8. The van der Waals surface area contributed by atoms with E-state index in [1.165, 1.54) is 0 Å². The van der Waals surface area contributed by atoms with Gasteiger partial charge in [0.25, 0.3) is 0 Å². The van der Waals surface area contributed by atoms with Gasteiger partial charge in [-0.15, -0.1) is 0 Å². The quantitative estimate of drug-likeness (QED) is 0.508. The van der Waals surface area contributed by atoms with Crippen LogP contribution in [0, 0.1) is 5.41 Å². The first-order chi connectivity index (χ1) is 7.52. The van der Waals surface area contributed by atoms with Crippen LogP contribution < -0.4 is 5.32 Å². The minimum atomic E-state index is -1.30. The van der Waals surface area contributed by atoms with Crippen LogP contribution >= 0.6 is 0 Å². The molecule has 1 amide bonds. The van der Waals surface area contributed by atoms with Gasteiger partial charge in [0.2, 0.25) is 5.91 Å². The summed E-state index contributed by atoms with van der Waals surface area (Å²) in [6.45, 7) is 0.470. The van der Waals surface area contributed by atoms with E-state index in [0.29, 0.717) is 0 Å². The maximum absolute atomic E-state index is 12.0. The second-order valence-electron chi connectivity index (χ2n) is 4.98. The first-order valence-corrected chi connectivity index (χ1v) is 5.67. The molecule has 5 heteroatoms. The summed E-state index contributed by atoms with van der Waals surface area (Å²) in [6.07, 6.45) is 3.68. The van der Waals surface area contributed by atoms with Crippen molar-refractivity contribution < 1.29 is 20.1 Å². The third-order valence-corrected chi connectivity index (χ3v) is 3.54. The molecular formula is C11H21NO4. The molecule has 94 valence electrons. The van der Waals surface area contributed by atoms with Crippen LogP contribution in [0.1, 0.15) is 32.6 Å². The molecule has 1 aliphatic rings. The third-order valence-electron chi connectivity index (χ3n) is 3.54. The van der Waals surface area contributed by atoms with Crippen molar-refractivity contribution in [3.8, 4) is 0 Å². The van der Waals surface area contributed by atoms with Gasteiger partial charge in [-0.1, -0.05) is 19.8 Å². The van der Waals surface area contributed by atoms with Crippen molar-refractivity contribution in [3.05, 3.63) is 0 Å². The van der Waals surface area contributed by atoms with E-state index < -0.39 is 30.8 Å². The Morgan fingerprint density at radius 3 is 2.00 bits per heavy atom. The number of rotatable bonds is 5. The summed E-state index contributed by atoms with van der Waals surface area (Å²) in [6, 6.07) is 0. The second kappa shape index (κ2) is 5.12. The molecule has 1 saturated carbocycles. The highest BCUT2D eigenvalue weighted by molar-refractivity contribution is 5.83. The minimum Gasteiger partial charge on any atom is -0.394 e. The number of aliphatic hydroxyl groups excluding tert-OH is 3. The highest BCUT2D eigenvalue weighted by Gasteiger charge is 2.40. The first kappa shape index (κ1) is 13.4.